The van der Waals surface area contributed by atoms with Gasteiger partial charge in [-0.05, 0) is 38.7 Å². The molecule has 0 saturated carbocycles. The van der Waals surface area contributed by atoms with Gasteiger partial charge in [0.2, 0.25) is 0 Å². The first-order chi connectivity index (χ1) is 9.15. The van der Waals surface area contributed by atoms with Crippen LogP contribution in [0.4, 0.5) is 0 Å². The fraction of sp³-hybridized carbons (Fsp3) is 0.600. The van der Waals surface area contributed by atoms with E-state index in [0.29, 0.717) is 0 Å². The lowest BCUT2D eigenvalue weighted by atomic mass is 9.78. The zero-order valence-electron chi connectivity index (χ0n) is 11.7. The Kier molecular flexibility index (Phi) is 6.33. The first kappa shape index (κ1) is 15.5. The van der Waals surface area contributed by atoms with Crippen LogP contribution in [0.15, 0.2) is 24.3 Å². The molecule has 0 bridgehead atoms. The monoisotopic (exact) mass is 266 g/mol. The molecule has 0 fully saturated rings. The molecule has 4 nitrogen and oxygen atoms in total. The molecule has 0 saturated heterocycles. The highest BCUT2D eigenvalue weighted by molar-refractivity contribution is 5.95. The molecule has 0 aliphatic heterocycles. The largest absolute Gasteiger partial charge is 0.465 e. The molecule has 4 heteroatoms. The summed E-state index contributed by atoms with van der Waals surface area (Å²) >= 11 is 0. The van der Waals surface area contributed by atoms with E-state index < -0.39 is 17.9 Å². The van der Waals surface area contributed by atoms with Gasteiger partial charge in [-0.2, -0.15) is 0 Å². The normalized spacial score (nSPS) is 18.7. The highest BCUT2D eigenvalue weighted by Crippen LogP contribution is 2.33. The van der Waals surface area contributed by atoms with Gasteiger partial charge in [0.05, 0.1) is 13.2 Å². The van der Waals surface area contributed by atoms with E-state index in [2.05, 4.69) is 6.58 Å². The third kappa shape index (κ3) is 3.94. The number of ether oxygens (including phenoxy) is 2. The molecule has 1 atom stereocenters. The second-order valence-electron chi connectivity index (χ2n) is 4.43. The third-order valence-electron chi connectivity index (χ3n) is 3.25. The molecule has 0 spiro atoms. The van der Waals surface area contributed by atoms with Crippen LogP contribution in [-0.2, 0) is 19.1 Å². The number of carbonyl (C=O) groups is 2. The Hall–Kier alpha value is -1.58. The van der Waals surface area contributed by atoms with E-state index in [4.69, 9.17) is 9.47 Å². The van der Waals surface area contributed by atoms with Gasteiger partial charge in [0, 0.05) is 5.92 Å². The number of hydrogen-bond acceptors (Lipinski definition) is 4. The maximum absolute atomic E-state index is 12.0. The third-order valence-corrected chi connectivity index (χ3v) is 3.25. The van der Waals surface area contributed by atoms with Crippen molar-refractivity contribution in [1.29, 1.82) is 0 Å². The van der Waals surface area contributed by atoms with Gasteiger partial charge in [0.1, 0.15) is 0 Å². The van der Waals surface area contributed by atoms with E-state index in [9.17, 15) is 9.59 Å². The minimum absolute atomic E-state index is 0.177. The highest BCUT2D eigenvalue weighted by Gasteiger charge is 2.39. The van der Waals surface area contributed by atoms with Crippen molar-refractivity contribution in [3.63, 3.8) is 0 Å². The Morgan fingerprint density at radius 2 is 1.95 bits per heavy atom. The molecule has 1 rings (SSSR count). The summed E-state index contributed by atoms with van der Waals surface area (Å²) in [5.41, 5.74) is 0.942. The SMILES string of the molecule is C=CC1=CCCCC1C(C(=O)OCC)C(=O)OCC. The molecule has 0 N–H and O–H groups in total. The van der Waals surface area contributed by atoms with Crippen molar-refractivity contribution in [2.75, 3.05) is 13.2 Å². The number of esters is 2. The molecule has 19 heavy (non-hydrogen) atoms. The summed E-state index contributed by atoms with van der Waals surface area (Å²) in [7, 11) is 0. The van der Waals surface area contributed by atoms with Crippen molar-refractivity contribution in [2.24, 2.45) is 11.8 Å². The maximum Gasteiger partial charge on any atom is 0.320 e. The summed E-state index contributed by atoms with van der Waals surface area (Å²) in [6.07, 6.45) is 6.44. The number of hydrogen-bond donors (Lipinski definition) is 0. The molecule has 0 heterocycles. The van der Waals surface area contributed by atoms with E-state index in [1.54, 1.807) is 19.9 Å². The highest BCUT2D eigenvalue weighted by atomic mass is 16.6. The maximum atomic E-state index is 12.0. The van der Waals surface area contributed by atoms with Gasteiger partial charge >= 0.3 is 11.9 Å². The number of allylic oxidation sites excluding steroid dienone is 3. The van der Waals surface area contributed by atoms with Crippen molar-refractivity contribution in [3.8, 4) is 0 Å². The second-order valence-corrected chi connectivity index (χ2v) is 4.43. The van der Waals surface area contributed by atoms with Crippen LogP contribution in [0, 0.1) is 11.8 Å². The van der Waals surface area contributed by atoms with Gasteiger partial charge in [0.25, 0.3) is 0 Å². The van der Waals surface area contributed by atoms with Crippen LogP contribution < -0.4 is 0 Å². The van der Waals surface area contributed by atoms with Gasteiger partial charge in [-0.3, -0.25) is 9.59 Å². The predicted octanol–water partition coefficient (Wildman–Crippen LogP) is 2.64. The molecular weight excluding hydrogens is 244 g/mol. The molecule has 0 aromatic carbocycles. The predicted molar refractivity (Wildman–Crippen MR) is 72.4 cm³/mol. The molecule has 0 aromatic rings. The van der Waals surface area contributed by atoms with Crippen molar-refractivity contribution >= 4 is 11.9 Å². The topological polar surface area (TPSA) is 52.6 Å². The lowest BCUT2D eigenvalue weighted by molar-refractivity contribution is -0.163. The minimum atomic E-state index is -0.871. The Morgan fingerprint density at radius 3 is 2.42 bits per heavy atom. The van der Waals surface area contributed by atoms with Crippen molar-refractivity contribution < 1.29 is 19.1 Å². The average Bonchev–Trinajstić information content (AvgIpc) is 2.40. The quantitative estimate of drug-likeness (QED) is 0.548. The Morgan fingerprint density at radius 1 is 1.37 bits per heavy atom. The van der Waals surface area contributed by atoms with Crippen LogP contribution in [0.3, 0.4) is 0 Å². The fourth-order valence-corrected chi connectivity index (χ4v) is 2.41. The molecule has 1 unspecified atom stereocenters. The van der Waals surface area contributed by atoms with Crippen LogP contribution in [0.1, 0.15) is 33.1 Å². The van der Waals surface area contributed by atoms with E-state index in [0.717, 1.165) is 24.8 Å². The summed E-state index contributed by atoms with van der Waals surface area (Å²) in [6, 6.07) is 0. The Bertz CT molecular complexity index is 352. The number of carbonyl (C=O) groups excluding carboxylic acids is 2. The summed E-state index contributed by atoms with van der Waals surface area (Å²) in [4.78, 5) is 24.1. The Labute approximate surface area is 114 Å². The molecule has 1 aliphatic carbocycles. The van der Waals surface area contributed by atoms with E-state index in [1.807, 2.05) is 6.08 Å². The molecule has 106 valence electrons. The first-order valence-electron chi connectivity index (χ1n) is 6.81. The second kappa shape index (κ2) is 7.77. The van der Waals surface area contributed by atoms with Gasteiger partial charge < -0.3 is 9.47 Å². The molecular formula is C15H22O4. The van der Waals surface area contributed by atoms with Gasteiger partial charge in [-0.1, -0.05) is 18.7 Å². The first-order valence-corrected chi connectivity index (χ1v) is 6.81. The van der Waals surface area contributed by atoms with E-state index >= 15 is 0 Å². The van der Waals surface area contributed by atoms with Crippen molar-refractivity contribution in [2.45, 2.75) is 33.1 Å². The van der Waals surface area contributed by atoms with Crippen molar-refractivity contribution in [3.05, 3.63) is 24.3 Å². The van der Waals surface area contributed by atoms with Crippen LogP contribution in [0.5, 0.6) is 0 Å². The molecule has 1 aliphatic rings. The summed E-state index contributed by atoms with van der Waals surface area (Å²) in [5.74, 6) is -2.05. The zero-order chi connectivity index (χ0) is 14.3. The summed E-state index contributed by atoms with van der Waals surface area (Å²) in [6.45, 7) is 7.73. The van der Waals surface area contributed by atoms with Crippen molar-refractivity contribution in [1.82, 2.24) is 0 Å². The van der Waals surface area contributed by atoms with E-state index in [-0.39, 0.29) is 19.1 Å². The smallest absolute Gasteiger partial charge is 0.320 e. The summed E-state index contributed by atoms with van der Waals surface area (Å²) in [5, 5.41) is 0. The Balaban J connectivity index is 2.97. The standard InChI is InChI=1S/C15H22O4/c1-4-11-9-7-8-10-12(11)13(14(16)18-5-2)15(17)19-6-3/h4,9,12-13H,1,5-8,10H2,2-3H3. The molecule has 0 radical (unpaired) electrons. The van der Waals surface area contributed by atoms with E-state index in [1.165, 1.54) is 0 Å². The van der Waals surface area contributed by atoms with Crippen LogP contribution in [0.25, 0.3) is 0 Å². The van der Waals surface area contributed by atoms with Crippen LogP contribution in [0.2, 0.25) is 0 Å². The van der Waals surface area contributed by atoms with Gasteiger partial charge in [0.15, 0.2) is 5.92 Å². The molecule has 0 amide bonds. The lowest BCUT2D eigenvalue weighted by Crippen LogP contribution is -2.36. The number of rotatable bonds is 6. The minimum Gasteiger partial charge on any atom is -0.465 e. The van der Waals surface area contributed by atoms with Crippen LogP contribution in [-0.4, -0.2) is 25.2 Å². The fourth-order valence-electron chi connectivity index (χ4n) is 2.41. The van der Waals surface area contributed by atoms with Crippen LogP contribution >= 0.6 is 0 Å². The van der Waals surface area contributed by atoms with Gasteiger partial charge in [-0.25, -0.2) is 0 Å². The van der Waals surface area contributed by atoms with Gasteiger partial charge in [-0.15, -0.1) is 0 Å². The summed E-state index contributed by atoms with van der Waals surface area (Å²) < 4.78 is 10.0. The molecule has 0 aromatic heterocycles. The average molecular weight is 266 g/mol. The lowest BCUT2D eigenvalue weighted by Gasteiger charge is -2.27. The zero-order valence-corrected chi connectivity index (χ0v) is 11.7.